The van der Waals surface area contributed by atoms with Crippen LogP contribution in [0.4, 0.5) is 11.8 Å². The highest BCUT2D eigenvalue weighted by Crippen LogP contribution is 2.26. The van der Waals surface area contributed by atoms with Crippen molar-refractivity contribution in [2.75, 3.05) is 24.2 Å². The molecular formula is C14H15ClN4O. The molecule has 0 spiro atoms. The monoisotopic (exact) mass is 290 g/mol. The zero-order chi connectivity index (χ0) is 13.9. The van der Waals surface area contributed by atoms with Gasteiger partial charge < -0.3 is 15.8 Å². The SMILES string of the molecule is Nc1nc(Cl)cc(NCCc2ccc3c(c2)CCO3)n1. The minimum absolute atomic E-state index is 0.176. The Morgan fingerprint density at radius 3 is 3.05 bits per heavy atom. The molecule has 6 heteroatoms. The number of nitrogens with one attached hydrogen (secondary N) is 1. The molecule has 3 rings (SSSR count). The summed E-state index contributed by atoms with van der Waals surface area (Å²) in [7, 11) is 0. The lowest BCUT2D eigenvalue weighted by Crippen LogP contribution is -2.08. The predicted octanol–water partition coefficient (Wildman–Crippen LogP) is 2.30. The lowest BCUT2D eigenvalue weighted by Gasteiger charge is -2.07. The number of nitrogens with two attached hydrogens (primary N) is 1. The number of aromatic nitrogens is 2. The third-order valence-corrected chi connectivity index (χ3v) is 3.38. The molecule has 0 radical (unpaired) electrons. The molecule has 3 N–H and O–H groups in total. The van der Waals surface area contributed by atoms with E-state index in [1.54, 1.807) is 6.07 Å². The smallest absolute Gasteiger partial charge is 0.223 e. The number of rotatable bonds is 4. The van der Waals surface area contributed by atoms with Crippen molar-refractivity contribution in [2.45, 2.75) is 12.8 Å². The Bertz CT molecular complexity index is 612. The van der Waals surface area contributed by atoms with Crippen molar-refractivity contribution >= 4 is 23.4 Å². The molecule has 0 saturated heterocycles. The standard InChI is InChI=1S/C14H15ClN4O/c15-12-8-13(19-14(16)18-12)17-5-3-9-1-2-11-10(7-9)4-6-20-11/h1-2,7-8H,3-6H2,(H3,16,17,18,19). The molecule has 0 amide bonds. The predicted molar refractivity (Wildman–Crippen MR) is 79.3 cm³/mol. The van der Waals surface area contributed by atoms with Gasteiger partial charge in [0.15, 0.2) is 0 Å². The number of benzene rings is 1. The number of hydrogen-bond acceptors (Lipinski definition) is 5. The summed E-state index contributed by atoms with van der Waals surface area (Å²) >= 11 is 5.82. The van der Waals surface area contributed by atoms with Crippen LogP contribution in [0.3, 0.4) is 0 Å². The van der Waals surface area contributed by atoms with Crippen molar-refractivity contribution in [3.63, 3.8) is 0 Å². The van der Waals surface area contributed by atoms with Gasteiger partial charge in [0.2, 0.25) is 5.95 Å². The molecule has 2 heterocycles. The van der Waals surface area contributed by atoms with E-state index in [4.69, 9.17) is 22.1 Å². The second-order valence-electron chi connectivity index (χ2n) is 4.65. The molecule has 0 aliphatic carbocycles. The van der Waals surface area contributed by atoms with E-state index in [-0.39, 0.29) is 5.95 Å². The number of halogens is 1. The summed E-state index contributed by atoms with van der Waals surface area (Å²) in [5.74, 6) is 1.83. The lowest BCUT2D eigenvalue weighted by atomic mass is 10.1. The van der Waals surface area contributed by atoms with Crippen molar-refractivity contribution in [2.24, 2.45) is 0 Å². The number of nitrogen functional groups attached to an aromatic ring is 1. The minimum atomic E-state index is 0.176. The number of fused-ring (bicyclic) bond motifs is 1. The quantitative estimate of drug-likeness (QED) is 0.845. The van der Waals surface area contributed by atoms with Gasteiger partial charge in [-0.2, -0.15) is 4.98 Å². The van der Waals surface area contributed by atoms with E-state index in [9.17, 15) is 0 Å². The molecule has 104 valence electrons. The molecule has 1 aliphatic rings. The van der Waals surface area contributed by atoms with E-state index < -0.39 is 0 Å². The zero-order valence-corrected chi connectivity index (χ0v) is 11.7. The summed E-state index contributed by atoms with van der Waals surface area (Å²) in [5, 5.41) is 3.54. The van der Waals surface area contributed by atoms with Crippen LogP contribution in [0.15, 0.2) is 24.3 Å². The van der Waals surface area contributed by atoms with Gasteiger partial charge in [-0.15, -0.1) is 0 Å². The first-order chi connectivity index (χ1) is 9.70. The Morgan fingerprint density at radius 1 is 1.30 bits per heavy atom. The second kappa shape index (κ2) is 5.54. The lowest BCUT2D eigenvalue weighted by molar-refractivity contribution is 0.357. The van der Waals surface area contributed by atoms with Crippen LogP contribution in [0, 0.1) is 0 Å². The van der Waals surface area contributed by atoms with E-state index in [1.165, 1.54) is 11.1 Å². The minimum Gasteiger partial charge on any atom is -0.493 e. The summed E-state index contributed by atoms with van der Waals surface area (Å²) in [6.45, 7) is 1.54. The van der Waals surface area contributed by atoms with Gasteiger partial charge in [0, 0.05) is 19.0 Å². The molecule has 2 aromatic rings. The average Bonchev–Trinajstić information content (AvgIpc) is 2.85. The van der Waals surface area contributed by atoms with Crippen LogP contribution < -0.4 is 15.8 Å². The summed E-state index contributed by atoms with van der Waals surface area (Å²) in [6.07, 6.45) is 1.89. The van der Waals surface area contributed by atoms with Gasteiger partial charge >= 0.3 is 0 Å². The Labute approximate surface area is 122 Å². The van der Waals surface area contributed by atoms with Gasteiger partial charge in [0.05, 0.1) is 6.61 Å². The van der Waals surface area contributed by atoms with Crippen LogP contribution in [-0.2, 0) is 12.8 Å². The third-order valence-electron chi connectivity index (χ3n) is 3.19. The van der Waals surface area contributed by atoms with Crippen molar-refractivity contribution in [1.29, 1.82) is 0 Å². The molecule has 0 saturated carbocycles. The van der Waals surface area contributed by atoms with Crippen molar-refractivity contribution in [1.82, 2.24) is 9.97 Å². The highest BCUT2D eigenvalue weighted by molar-refractivity contribution is 6.29. The maximum absolute atomic E-state index is 5.82. The van der Waals surface area contributed by atoms with Crippen LogP contribution in [0.1, 0.15) is 11.1 Å². The van der Waals surface area contributed by atoms with Crippen LogP contribution in [0.25, 0.3) is 0 Å². The molecule has 1 aromatic carbocycles. The fourth-order valence-corrected chi connectivity index (χ4v) is 2.45. The molecule has 1 aliphatic heterocycles. The highest BCUT2D eigenvalue weighted by atomic mass is 35.5. The average molecular weight is 291 g/mol. The van der Waals surface area contributed by atoms with Crippen molar-refractivity contribution < 1.29 is 4.74 Å². The summed E-state index contributed by atoms with van der Waals surface area (Å²) in [4.78, 5) is 7.89. The van der Waals surface area contributed by atoms with Crippen LogP contribution in [0.5, 0.6) is 5.75 Å². The first kappa shape index (κ1) is 13.0. The molecule has 1 aromatic heterocycles. The van der Waals surface area contributed by atoms with E-state index >= 15 is 0 Å². The zero-order valence-electron chi connectivity index (χ0n) is 10.9. The Morgan fingerprint density at radius 2 is 2.20 bits per heavy atom. The van der Waals surface area contributed by atoms with Gasteiger partial charge in [-0.1, -0.05) is 23.7 Å². The maximum Gasteiger partial charge on any atom is 0.223 e. The third kappa shape index (κ3) is 2.93. The van der Waals surface area contributed by atoms with Gasteiger partial charge in [0.1, 0.15) is 16.7 Å². The van der Waals surface area contributed by atoms with Crippen LogP contribution in [-0.4, -0.2) is 23.1 Å². The van der Waals surface area contributed by atoms with Crippen LogP contribution >= 0.6 is 11.6 Å². The number of ether oxygens (including phenoxy) is 1. The first-order valence-corrected chi connectivity index (χ1v) is 6.87. The van der Waals surface area contributed by atoms with E-state index in [0.29, 0.717) is 11.0 Å². The first-order valence-electron chi connectivity index (χ1n) is 6.49. The number of hydrogen-bond donors (Lipinski definition) is 2. The van der Waals surface area contributed by atoms with Crippen LogP contribution in [0.2, 0.25) is 5.15 Å². The van der Waals surface area contributed by atoms with Crippen molar-refractivity contribution in [3.05, 3.63) is 40.5 Å². The largest absolute Gasteiger partial charge is 0.493 e. The normalized spacial score (nSPS) is 12.8. The molecule has 0 atom stereocenters. The highest BCUT2D eigenvalue weighted by Gasteiger charge is 2.11. The van der Waals surface area contributed by atoms with Crippen molar-refractivity contribution in [3.8, 4) is 5.75 Å². The Hall–Kier alpha value is -2.01. The molecule has 20 heavy (non-hydrogen) atoms. The van der Waals surface area contributed by atoms with Gasteiger partial charge in [-0.05, 0) is 23.6 Å². The van der Waals surface area contributed by atoms with Gasteiger partial charge in [-0.3, -0.25) is 0 Å². The molecule has 5 nitrogen and oxygen atoms in total. The fourth-order valence-electron chi connectivity index (χ4n) is 2.26. The fraction of sp³-hybridized carbons (Fsp3) is 0.286. The summed E-state index contributed by atoms with van der Waals surface area (Å²) in [5.41, 5.74) is 8.10. The Balaban J connectivity index is 1.59. The molecular weight excluding hydrogens is 276 g/mol. The van der Waals surface area contributed by atoms with Gasteiger partial charge in [0.25, 0.3) is 0 Å². The second-order valence-corrected chi connectivity index (χ2v) is 5.04. The van der Waals surface area contributed by atoms with E-state index in [2.05, 4.69) is 27.4 Å². The van der Waals surface area contributed by atoms with E-state index in [1.807, 2.05) is 6.07 Å². The molecule has 0 bridgehead atoms. The Kier molecular flexibility index (Phi) is 3.60. The number of anilines is 2. The van der Waals surface area contributed by atoms with Gasteiger partial charge in [-0.25, -0.2) is 4.98 Å². The molecule has 0 unspecified atom stereocenters. The maximum atomic E-state index is 5.82. The topological polar surface area (TPSA) is 73.1 Å². The summed E-state index contributed by atoms with van der Waals surface area (Å²) < 4.78 is 5.49. The van der Waals surface area contributed by atoms with E-state index in [0.717, 1.165) is 31.7 Å². The number of nitrogens with zero attached hydrogens (tertiary/aromatic N) is 2. The molecule has 0 fully saturated rings. The summed E-state index contributed by atoms with van der Waals surface area (Å²) in [6, 6.07) is 7.99.